The Labute approximate surface area is 122 Å². The molecule has 0 radical (unpaired) electrons. The van der Waals surface area contributed by atoms with E-state index in [0.717, 1.165) is 32.6 Å². The van der Waals surface area contributed by atoms with Gasteiger partial charge >= 0.3 is 0 Å². The van der Waals surface area contributed by atoms with Crippen LogP contribution in [0.1, 0.15) is 6.42 Å². The Bertz CT molecular complexity index is 557. The first-order valence-electron chi connectivity index (χ1n) is 7.17. The van der Waals surface area contributed by atoms with Crippen molar-refractivity contribution in [1.82, 2.24) is 10.2 Å². The summed E-state index contributed by atoms with van der Waals surface area (Å²) in [7, 11) is 0. The number of nitro groups is 1. The molecule has 1 unspecified atom stereocenters. The van der Waals surface area contributed by atoms with Gasteiger partial charge in [-0.3, -0.25) is 19.8 Å². The van der Waals surface area contributed by atoms with Crippen molar-refractivity contribution >= 4 is 17.3 Å². The van der Waals surface area contributed by atoms with Crippen LogP contribution in [0.4, 0.5) is 11.4 Å². The maximum atomic E-state index is 12.6. The van der Waals surface area contributed by atoms with Gasteiger partial charge in [0.1, 0.15) is 0 Å². The first kappa shape index (κ1) is 14.0. The predicted octanol–water partition coefficient (Wildman–Crippen LogP) is 0.605. The van der Waals surface area contributed by atoms with Crippen LogP contribution in [0, 0.1) is 10.1 Å². The molecule has 1 atom stereocenters. The normalized spacial score (nSPS) is 23.5. The van der Waals surface area contributed by atoms with Gasteiger partial charge in [-0.15, -0.1) is 0 Å². The third-order valence-electron chi connectivity index (χ3n) is 4.12. The van der Waals surface area contributed by atoms with Gasteiger partial charge in [0.25, 0.3) is 5.69 Å². The molecule has 0 aromatic heterocycles. The monoisotopic (exact) mass is 290 g/mol. The topological polar surface area (TPSA) is 78.7 Å². The van der Waals surface area contributed by atoms with Crippen molar-refractivity contribution in [3.05, 3.63) is 34.4 Å². The molecule has 2 heterocycles. The number of hydrogen-bond donors (Lipinski definition) is 1. The molecule has 3 rings (SSSR count). The molecule has 1 aromatic rings. The molecule has 0 saturated carbocycles. The fourth-order valence-corrected chi connectivity index (χ4v) is 3.03. The summed E-state index contributed by atoms with van der Waals surface area (Å²) >= 11 is 0. The molecule has 2 aliphatic rings. The van der Waals surface area contributed by atoms with E-state index < -0.39 is 4.92 Å². The maximum absolute atomic E-state index is 12.6. The molecule has 1 aromatic carbocycles. The molecule has 0 bridgehead atoms. The summed E-state index contributed by atoms with van der Waals surface area (Å²) in [6, 6.07) is 6.20. The van der Waals surface area contributed by atoms with Gasteiger partial charge < -0.3 is 10.2 Å². The Kier molecular flexibility index (Phi) is 3.85. The molecule has 0 spiro atoms. The second kappa shape index (κ2) is 5.79. The van der Waals surface area contributed by atoms with Gasteiger partial charge in [-0.2, -0.15) is 0 Å². The lowest BCUT2D eigenvalue weighted by Crippen LogP contribution is -2.51. The van der Waals surface area contributed by atoms with Gasteiger partial charge in [0.15, 0.2) is 0 Å². The number of non-ortho nitro benzene ring substituents is 1. The van der Waals surface area contributed by atoms with E-state index in [-0.39, 0.29) is 17.6 Å². The molecule has 0 aliphatic carbocycles. The second-order valence-corrected chi connectivity index (χ2v) is 5.36. The lowest BCUT2D eigenvalue weighted by molar-refractivity contribution is -0.384. The zero-order valence-corrected chi connectivity index (χ0v) is 11.7. The van der Waals surface area contributed by atoms with Crippen LogP contribution >= 0.6 is 0 Å². The molecule has 1 N–H and O–H groups in total. The smallest absolute Gasteiger partial charge is 0.271 e. The van der Waals surface area contributed by atoms with E-state index in [0.29, 0.717) is 12.2 Å². The second-order valence-electron chi connectivity index (χ2n) is 5.36. The molecule has 21 heavy (non-hydrogen) atoms. The minimum Gasteiger partial charge on any atom is -0.314 e. The molecular weight excluding hydrogens is 272 g/mol. The number of carbonyl (C=O) groups excluding carboxylic acids is 1. The summed E-state index contributed by atoms with van der Waals surface area (Å²) in [5.41, 5.74) is 0.637. The SMILES string of the molecule is O=C1C(N2CCNCC2)CCN1c1cccc([N+](=O)[O-])c1. The molecule has 7 nitrogen and oxygen atoms in total. The fraction of sp³-hybridized carbons (Fsp3) is 0.500. The number of piperazine rings is 1. The fourth-order valence-electron chi connectivity index (χ4n) is 3.03. The summed E-state index contributed by atoms with van der Waals surface area (Å²) in [6.45, 7) is 4.17. The molecule has 112 valence electrons. The van der Waals surface area contributed by atoms with Crippen molar-refractivity contribution in [2.75, 3.05) is 37.6 Å². The summed E-state index contributed by atoms with van der Waals surface area (Å²) in [5.74, 6) is 0.0531. The lowest BCUT2D eigenvalue weighted by atomic mass is 10.2. The van der Waals surface area contributed by atoms with Crippen LogP contribution < -0.4 is 10.2 Å². The van der Waals surface area contributed by atoms with Crippen molar-refractivity contribution in [2.24, 2.45) is 0 Å². The van der Waals surface area contributed by atoms with Gasteiger partial charge in [0, 0.05) is 44.9 Å². The van der Waals surface area contributed by atoms with E-state index >= 15 is 0 Å². The highest BCUT2D eigenvalue weighted by Gasteiger charge is 2.37. The van der Waals surface area contributed by atoms with Crippen LogP contribution in [-0.4, -0.2) is 54.5 Å². The molecule has 2 fully saturated rings. The van der Waals surface area contributed by atoms with Crippen molar-refractivity contribution in [2.45, 2.75) is 12.5 Å². The molecule has 2 aliphatic heterocycles. The van der Waals surface area contributed by atoms with Gasteiger partial charge in [-0.1, -0.05) is 6.07 Å². The van der Waals surface area contributed by atoms with E-state index in [9.17, 15) is 14.9 Å². The Balaban J connectivity index is 1.76. The highest BCUT2D eigenvalue weighted by atomic mass is 16.6. The van der Waals surface area contributed by atoms with Crippen molar-refractivity contribution in [1.29, 1.82) is 0 Å². The average Bonchev–Trinajstić information content (AvgIpc) is 2.90. The first-order valence-corrected chi connectivity index (χ1v) is 7.17. The lowest BCUT2D eigenvalue weighted by Gasteiger charge is -2.31. The number of carbonyl (C=O) groups is 1. The standard InChI is InChI=1S/C14H18N4O3/c19-14-13(16-8-5-15-6-9-16)4-7-17(14)11-2-1-3-12(10-11)18(20)21/h1-3,10,13,15H,4-9H2. The minimum atomic E-state index is -0.433. The number of amides is 1. The number of benzene rings is 1. The third-order valence-corrected chi connectivity index (χ3v) is 4.12. The highest BCUT2D eigenvalue weighted by Crippen LogP contribution is 2.27. The van der Waals surface area contributed by atoms with Crippen LogP contribution in [0.25, 0.3) is 0 Å². The first-order chi connectivity index (χ1) is 10.2. The minimum absolute atomic E-state index is 0.0194. The molecule has 7 heteroatoms. The average molecular weight is 290 g/mol. The zero-order valence-electron chi connectivity index (χ0n) is 11.7. The number of nitrogens with zero attached hydrogens (tertiary/aromatic N) is 3. The number of anilines is 1. The number of nitro benzene ring substituents is 1. The van der Waals surface area contributed by atoms with Crippen LogP contribution in [0.15, 0.2) is 24.3 Å². The van der Waals surface area contributed by atoms with Crippen LogP contribution in [0.3, 0.4) is 0 Å². The molecule has 2 saturated heterocycles. The van der Waals surface area contributed by atoms with Crippen molar-refractivity contribution in [3.8, 4) is 0 Å². The Morgan fingerprint density at radius 2 is 2.00 bits per heavy atom. The summed E-state index contributed by atoms with van der Waals surface area (Å²) < 4.78 is 0. The Hall–Kier alpha value is -1.99. The highest BCUT2D eigenvalue weighted by molar-refractivity contribution is 5.99. The van der Waals surface area contributed by atoms with Crippen LogP contribution in [-0.2, 0) is 4.79 Å². The Morgan fingerprint density at radius 1 is 1.24 bits per heavy atom. The van der Waals surface area contributed by atoms with E-state index in [1.54, 1.807) is 17.0 Å². The largest absolute Gasteiger partial charge is 0.314 e. The van der Waals surface area contributed by atoms with Gasteiger partial charge in [-0.05, 0) is 12.5 Å². The predicted molar refractivity (Wildman–Crippen MR) is 78.3 cm³/mol. The third kappa shape index (κ3) is 2.74. The van der Waals surface area contributed by atoms with Crippen molar-refractivity contribution in [3.63, 3.8) is 0 Å². The van der Waals surface area contributed by atoms with E-state index in [1.165, 1.54) is 12.1 Å². The summed E-state index contributed by atoms with van der Waals surface area (Å²) in [6.07, 6.45) is 0.779. The van der Waals surface area contributed by atoms with Gasteiger partial charge in [0.2, 0.25) is 5.91 Å². The van der Waals surface area contributed by atoms with Gasteiger partial charge in [-0.25, -0.2) is 0 Å². The van der Waals surface area contributed by atoms with E-state index in [2.05, 4.69) is 10.2 Å². The maximum Gasteiger partial charge on any atom is 0.271 e. The quantitative estimate of drug-likeness (QED) is 0.651. The molecular formula is C14H18N4O3. The number of nitrogens with one attached hydrogen (secondary N) is 1. The molecule has 1 amide bonds. The number of hydrogen-bond acceptors (Lipinski definition) is 5. The van der Waals surface area contributed by atoms with Crippen LogP contribution in [0.5, 0.6) is 0 Å². The van der Waals surface area contributed by atoms with E-state index in [4.69, 9.17) is 0 Å². The van der Waals surface area contributed by atoms with Crippen LogP contribution in [0.2, 0.25) is 0 Å². The summed E-state index contributed by atoms with van der Waals surface area (Å²) in [5, 5.41) is 14.1. The van der Waals surface area contributed by atoms with Crippen molar-refractivity contribution < 1.29 is 9.72 Å². The van der Waals surface area contributed by atoms with E-state index in [1.807, 2.05) is 0 Å². The zero-order chi connectivity index (χ0) is 14.8. The van der Waals surface area contributed by atoms with Gasteiger partial charge in [0.05, 0.1) is 16.7 Å². The Morgan fingerprint density at radius 3 is 2.71 bits per heavy atom. The number of rotatable bonds is 3. The summed E-state index contributed by atoms with van der Waals surface area (Å²) in [4.78, 5) is 26.9.